The first-order valence-corrected chi connectivity index (χ1v) is 7.64. The summed E-state index contributed by atoms with van der Waals surface area (Å²) >= 11 is 5.99. The monoisotopic (exact) mass is 319 g/mol. The van der Waals surface area contributed by atoms with Gasteiger partial charge in [-0.05, 0) is 32.0 Å². The summed E-state index contributed by atoms with van der Waals surface area (Å²) in [5.41, 5.74) is 3.26. The number of ether oxygens (including phenoxy) is 1. The molecule has 1 saturated heterocycles. The number of halogens is 1. The van der Waals surface area contributed by atoms with Gasteiger partial charge < -0.3 is 14.6 Å². The molecule has 116 valence electrons. The van der Waals surface area contributed by atoms with Crippen LogP contribution in [0.25, 0.3) is 16.6 Å². The number of hydrogen-bond acceptors (Lipinski definition) is 3. The van der Waals surface area contributed by atoms with Crippen LogP contribution < -0.4 is 0 Å². The SMILES string of the molecule is CC(C(=O)N1CCOCC1)=C(C)c1nc2ccc(Cl)cc2[nH]1. The fourth-order valence-corrected chi connectivity index (χ4v) is 2.67. The Kier molecular flexibility index (Phi) is 4.18. The molecule has 1 aliphatic heterocycles. The maximum atomic E-state index is 12.5. The van der Waals surface area contributed by atoms with Gasteiger partial charge in [0.15, 0.2) is 0 Å². The van der Waals surface area contributed by atoms with Crippen LogP contribution in [0.15, 0.2) is 23.8 Å². The zero-order valence-corrected chi connectivity index (χ0v) is 13.4. The molecule has 1 aromatic heterocycles. The van der Waals surface area contributed by atoms with E-state index in [1.165, 1.54) is 0 Å². The van der Waals surface area contributed by atoms with Gasteiger partial charge in [-0.2, -0.15) is 0 Å². The van der Waals surface area contributed by atoms with E-state index in [1.807, 2.05) is 30.9 Å². The number of carbonyl (C=O) groups excluding carboxylic acids is 1. The average Bonchev–Trinajstić information content (AvgIpc) is 2.96. The van der Waals surface area contributed by atoms with E-state index in [0.29, 0.717) is 42.7 Å². The summed E-state index contributed by atoms with van der Waals surface area (Å²) in [6, 6.07) is 5.50. The molecule has 22 heavy (non-hydrogen) atoms. The normalized spacial score (nSPS) is 16.8. The van der Waals surface area contributed by atoms with Crippen molar-refractivity contribution in [3.8, 4) is 0 Å². The molecular formula is C16H18ClN3O2. The van der Waals surface area contributed by atoms with Gasteiger partial charge in [-0.25, -0.2) is 4.98 Å². The van der Waals surface area contributed by atoms with Gasteiger partial charge in [-0.1, -0.05) is 11.6 Å². The second-order valence-corrected chi connectivity index (χ2v) is 5.84. The van der Waals surface area contributed by atoms with Crippen molar-refractivity contribution in [2.45, 2.75) is 13.8 Å². The number of rotatable bonds is 2. The summed E-state index contributed by atoms with van der Waals surface area (Å²) in [7, 11) is 0. The Hall–Kier alpha value is -1.85. The third-order valence-electron chi connectivity index (χ3n) is 3.98. The van der Waals surface area contributed by atoms with Crippen molar-refractivity contribution in [1.82, 2.24) is 14.9 Å². The summed E-state index contributed by atoms with van der Waals surface area (Å²) in [5, 5.41) is 0.658. The number of H-pyrrole nitrogens is 1. The molecule has 2 aromatic rings. The molecule has 1 fully saturated rings. The summed E-state index contributed by atoms with van der Waals surface area (Å²) in [6.07, 6.45) is 0. The van der Waals surface area contributed by atoms with E-state index in [1.54, 1.807) is 6.07 Å². The highest BCUT2D eigenvalue weighted by Gasteiger charge is 2.20. The van der Waals surface area contributed by atoms with E-state index in [0.717, 1.165) is 16.6 Å². The highest BCUT2D eigenvalue weighted by molar-refractivity contribution is 6.31. The molecule has 1 amide bonds. The van der Waals surface area contributed by atoms with Gasteiger partial charge in [0, 0.05) is 29.3 Å². The molecule has 0 bridgehead atoms. The molecule has 2 heterocycles. The van der Waals surface area contributed by atoms with E-state index in [4.69, 9.17) is 16.3 Å². The molecule has 5 nitrogen and oxygen atoms in total. The van der Waals surface area contributed by atoms with Gasteiger partial charge in [0.1, 0.15) is 5.82 Å². The Balaban J connectivity index is 1.91. The van der Waals surface area contributed by atoms with Gasteiger partial charge in [0.25, 0.3) is 0 Å². The number of allylic oxidation sites excluding steroid dienone is 1. The standard InChI is InChI=1S/C16H18ClN3O2/c1-10(11(2)16(21)20-5-7-22-8-6-20)15-18-13-4-3-12(17)9-14(13)19-15/h3-4,9H,5-8H2,1-2H3,(H,18,19). The number of benzene rings is 1. The summed E-state index contributed by atoms with van der Waals surface area (Å²) < 4.78 is 5.28. The number of nitrogens with zero attached hydrogens (tertiary/aromatic N) is 2. The Bertz CT molecular complexity index is 745. The molecule has 0 aliphatic carbocycles. The average molecular weight is 320 g/mol. The molecular weight excluding hydrogens is 302 g/mol. The predicted molar refractivity (Wildman–Crippen MR) is 86.8 cm³/mol. The van der Waals surface area contributed by atoms with Gasteiger partial charge in [0.2, 0.25) is 5.91 Å². The molecule has 3 rings (SSSR count). The molecule has 0 unspecified atom stereocenters. The summed E-state index contributed by atoms with van der Waals surface area (Å²) in [4.78, 5) is 22.1. The summed E-state index contributed by atoms with van der Waals surface area (Å²) in [6.45, 7) is 6.22. The van der Waals surface area contributed by atoms with Crippen molar-refractivity contribution >= 4 is 34.1 Å². The fraction of sp³-hybridized carbons (Fsp3) is 0.375. The van der Waals surface area contributed by atoms with Gasteiger partial charge in [-0.15, -0.1) is 0 Å². The molecule has 0 atom stereocenters. The number of hydrogen-bond donors (Lipinski definition) is 1. The van der Waals surface area contributed by atoms with Gasteiger partial charge in [-0.3, -0.25) is 4.79 Å². The lowest BCUT2D eigenvalue weighted by Crippen LogP contribution is -2.41. The molecule has 1 aromatic carbocycles. The number of aromatic amines is 1. The largest absolute Gasteiger partial charge is 0.378 e. The first-order chi connectivity index (χ1) is 10.6. The van der Waals surface area contributed by atoms with Gasteiger partial charge >= 0.3 is 0 Å². The highest BCUT2D eigenvalue weighted by Crippen LogP contribution is 2.23. The molecule has 6 heteroatoms. The maximum absolute atomic E-state index is 12.5. The van der Waals surface area contributed by atoms with Crippen LogP contribution in [-0.2, 0) is 9.53 Å². The number of nitrogens with one attached hydrogen (secondary N) is 1. The summed E-state index contributed by atoms with van der Waals surface area (Å²) in [5.74, 6) is 0.746. The van der Waals surface area contributed by atoms with Crippen LogP contribution in [0.3, 0.4) is 0 Å². The Morgan fingerprint density at radius 2 is 2.05 bits per heavy atom. The minimum Gasteiger partial charge on any atom is -0.378 e. The molecule has 0 radical (unpaired) electrons. The lowest BCUT2D eigenvalue weighted by Gasteiger charge is -2.27. The van der Waals surface area contributed by atoms with Crippen molar-refractivity contribution in [2.75, 3.05) is 26.3 Å². The van der Waals surface area contributed by atoms with Crippen LogP contribution in [0, 0.1) is 0 Å². The molecule has 1 N–H and O–H groups in total. The number of carbonyl (C=O) groups is 1. The Morgan fingerprint density at radius 1 is 1.32 bits per heavy atom. The van der Waals surface area contributed by atoms with E-state index in [2.05, 4.69) is 9.97 Å². The Labute approximate surface area is 133 Å². The third-order valence-corrected chi connectivity index (χ3v) is 4.22. The van der Waals surface area contributed by atoms with Crippen LogP contribution >= 0.6 is 11.6 Å². The number of imidazole rings is 1. The number of fused-ring (bicyclic) bond motifs is 1. The second kappa shape index (κ2) is 6.10. The van der Waals surface area contributed by atoms with Gasteiger partial charge in [0.05, 0.1) is 24.2 Å². The minimum absolute atomic E-state index is 0.0410. The molecule has 0 saturated carbocycles. The van der Waals surface area contributed by atoms with E-state index >= 15 is 0 Å². The fourth-order valence-electron chi connectivity index (χ4n) is 2.50. The number of aromatic nitrogens is 2. The predicted octanol–water partition coefficient (Wildman–Crippen LogP) is 2.87. The van der Waals surface area contributed by atoms with E-state index < -0.39 is 0 Å². The second-order valence-electron chi connectivity index (χ2n) is 5.40. The van der Waals surface area contributed by atoms with Crippen LogP contribution in [0.1, 0.15) is 19.7 Å². The van der Waals surface area contributed by atoms with Crippen LogP contribution in [0.5, 0.6) is 0 Å². The van der Waals surface area contributed by atoms with E-state index in [-0.39, 0.29) is 5.91 Å². The van der Waals surface area contributed by atoms with Crippen LogP contribution in [0.2, 0.25) is 5.02 Å². The molecule has 1 aliphatic rings. The van der Waals surface area contributed by atoms with E-state index in [9.17, 15) is 4.79 Å². The van der Waals surface area contributed by atoms with Crippen LogP contribution in [-0.4, -0.2) is 47.1 Å². The number of morpholine rings is 1. The number of amides is 1. The first-order valence-electron chi connectivity index (χ1n) is 7.26. The molecule has 0 spiro atoms. The van der Waals surface area contributed by atoms with Crippen LogP contribution in [0.4, 0.5) is 0 Å². The first kappa shape index (κ1) is 15.1. The van der Waals surface area contributed by atoms with Crippen molar-refractivity contribution in [3.63, 3.8) is 0 Å². The zero-order chi connectivity index (χ0) is 15.7. The lowest BCUT2D eigenvalue weighted by atomic mass is 10.1. The third kappa shape index (κ3) is 2.87. The van der Waals surface area contributed by atoms with Crippen molar-refractivity contribution in [3.05, 3.63) is 34.6 Å². The lowest BCUT2D eigenvalue weighted by molar-refractivity contribution is -0.131. The van der Waals surface area contributed by atoms with Crippen molar-refractivity contribution < 1.29 is 9.53 Å². The highest BCUT2D eigenvalue weighted by atomic mass is 35.5. The van der Waals surface area contributed by atoms with Crippen molar-refractivity contribution in [1.29, 1.82) is 0 Å². The Morgan fingerprint density at radius 3 is 2.77 bits per heavy atom. The smallest absolute Gasteiger partial charge is 0.250 e. The minimum atomic E-state index is 0.0410. The maximum Gasteiger partial charge on any atom is 0.250 e. The topological polar surface area (TPSA) is 58.2 Å². The zero-order valence-electron chi connectivity index (χ0n) is 12.6. The van der Waals surface area contributed by atoms with Crippen molar-refractivity contribution in [2.24, 2.45) is 0 Å². The quantitative estimate of drug-likeness (QED) is 0.866.